The van der Waals surface area contributed by atoms with Crippen LogP contribution in [0.1, 0.15) is 19.8 Å². The molecule has 1 rings (SSSR count). The molecule has 0 aromatic heterocycles. The summed E-state index contributed by atoms with van der Waals surface area (Å²) >= 11 is 0. The molecule has 90 valence electrons. The minimum Gasteiger partial charge on any atom is -0.341 e. The Labute approximate surface area is 99.4 Å². The molecule has 15 heavy (non-hydrogen) atoms. The monoisotopic (exact) mass is 254 g/mol. The molecule has 0 saturated carbocycles. The van der Waals surface area contributed by atoms with Gasteiger partial charge in [0.25, 0.3) is 0 Å². The lowest BCUT2D eigenvalue weighted by Crippen LogP contribution is -2.47. The molecule has 0 unspecified atom stereocenters. The SMILES string of the molecule is C[C@H](N)C(=O)N(C)C1CCS(=O)CC1.Cl. The highest BCUT2D eigenvalue weighted by molar-refractivity contribution is 7.85. The number of amides is 1. The van der Waals surface area contributed by atoms with Crippen molar-refractivity contribution in [2.45, 2.75) is 31.8 Å². The fourth-order valence-corrected chi connectivity index (χ4v) is 2.94. The van der Waals surface area contributed by atoms with Crippen molar-refractivity contribution in [3.05, 3.63) is 0 Å². The lowest BCUT2D eigenvalue weighted by molar-refractivity contribution is -0.133. The van der Waals surface area contributed by atoms with Crippen LogP contribution in [0.2, 0.25) is 0 Å². The van der Waals surface area contributed by atoms with Crippen LogP contribution in [-0.4, -0.2) is 45.7 Å². The Morgan fingerprint density at radius 2 is 1.93 bits per heavy atom. The van der Waals surface area contributed by atoms with Gasteiger partial charge in [0.2, 0.25) is 5.91 Å². The van der Waals surface area contributed by atoms with Crippen molar-refractivity contribution >= 4 is 29.1 Å². The molecule has 6 heteroatoms. The molecule has 2 N–H and O–H groups in total. The van der Waals surface area contributed by atoms with Gasteiger partial charge in [-0.25, -0.2) is 0 Å². The van der Waals surface area contributed by atoms with Crippen molar-refractivity contribution in [3.63, 3.8) is 0 Å². The summed E-state index contributed by atoms with van der Waals surface area (Å²) in [7, 11) is 1.11. The number of nitrogens with zero attached hydrogens (tertiary/aromatic N) is 1. The largest absolute Gasteiger partial charge is 0.341 e. The van der Waals surface area contributed by atoms with Crippen LogP contribution < -0.4 is 5.73 Å². The predicted octanol–water partition coefficient (Wildman–Crippen LogP) is 0.125. The highest BCUT2D eigenvalue weighted by Gasteiger charge is 2.25. The number of halogens is 1. The summed E-state index contributed by atoms with van der Waals surface area (Å²) in [4.78, 5) is 13.3. The third-order valence-electron chi connectivity index (χ3n) is 2.64. The second kappa shape index (κ2) is 6.45. The molecule has 1 amide bonds. The van der Waals surface area contributed by atoms with Crippen LogP contribution in [0.4, 0.5) is 0 Å². The summed E-state index contributed by atoms with van der Waals surface area (Å²) in [5.74, 6) is 1.39. The fraction of sp³-hybridized carbons (Fsp3) is 0.889. The molecule has 1 saturated heterocycles. The van der Waals surface area contributed by atoms with Crippen LogP contribution in [-0.2, 0) is 15.6 Å². The van der Waals surface area contributed by atoms with E-state index in [-0.39, 0.29) is 24.4 Å². The molecule has 0 aromatic rings. The van der Waals surface area contributed by atoms with Gasteiger partial charge in [-0.05, 0) is 19.8 Å². The highest BCUT2D eigenvalue weighted by atomic mass is 35.5. The van der Waals surface area contributed by atoms with Crippen LogP contribution in [0, 0.1) is 0 Å². The summed E-state index contributed by atoms with van der Waals surface area (Å²) < 4.78 is 11.1. The second-order valence-corrected chi connectivity index (χ2v) is 5.51. The van der Waals surface area contributed by atoms with Crippen molar-refractivity contribution in [2.24, 2.45) is 5.73 Å². The number of likely N-dealkylation sites (N-methyl/N-ethyl adjacent to an activating group) is 1. The first-order chi connectivity index (χ1) is 6.52. The van der Waals surface area contributed by atoms with Gasteiger partial charge in [0.1, 0.15) is 0 Å². The Morgan fingerprint density at radius 3 is 2.33 bits per heavy atom. The van der Waals surface area contributed by atoms with E-state index in [4.69, 9.17) is 5.73 Å². The molecule has 1 aliphatic heterocycles. The third kappa shape index (κ3) is 4.09. The first-order valence-electron chi connectivity index (χ1n) is 4.89. The number of carbonyl (C=O) groups is 1. The van der Waals surface area contributed by atoms with E-state index in [0.29, 0.717) is 11.5 Å². The minimum absolute atomic E-state index is 0. The Balaban J connectivity index is 0.00000196. The maximum Gasteiger partial charge on any atom is 0.239 e. The van der Waals surface area contributed by atoms with Crippen molar-refractivity contribution < 1.29 is 9.00 Å². The molecule has 4 nitrogen and oxygen atoms in total. The third-order valence-corrected chi connectivity index (χ3v) is 4.02. The van der Waals surface area contributed by atoms with E-state index in [9.17, 15) is 9.00 Å². The van der Waals surface area contributed by atoms with Crippen LogP contribution in [0.25, 0.3) is 0 Å². The maximum atomic E-state index is 11.5. The van der Waals surface area contributed by atoms with Crippen LogP contribution in [0.15, 0.2) is 0 Å². The lowest BCUT2D eigenvalue weighted by atomic mass is 10.1. The summed E-state index contributed by atoms with van der Waals surface area (Å²) in [6.07, 6.45) is 1.67. The zero-order chi connectivity index (χ0) is 10.7. The van der Waals surface area contributed by atoms with Gasteiger partial charge in [-0.3, -0.25) is 9.00 Å². The standard InChI is InChI=1S/C9H18N2O2S.ClH/c1-7(10)9(12)11(2)8-3-5-14(13)6-4-8;/h7-8H,3-6,10H2,1-2H3;1H/t7-,8?,14?;/m0./s1. The van der Waals surface area contributed by atoms with Gasteiger partial charge in [-0.15, -0.1) is 12.4 Å². The Hall–Kier alpha value is -0.130. The molecule has 0 bridgehead atoms. The Bertz CT molecular complexity index is 238. The van der Waals surface area contributed by atoms with Crippen LogP contribution in [0.5, 0.6) is 0 Å². The zero-order valence-corrected chi connectivity index (χ0v) is 10.8. The average molecular weight is 255 g/mol. The first-order valence-corrected chi connectivity index (χ1v) is 6.38. The average Bonchev–Trinajstić information content (AvgIpc) is 2.16. The van der Waals surface area contributed by atoms with E-state index in [0.717, 1.165) is 12.8 Å². The number of nitrogens with two attached hydrogens (primary N) is 1. The Morgan fingerprint density at radius 1 is 1.47 bits per heavy atom. The van der Waals surface area contributed by atoms with E-state index in [1.807, 2.05) is 0 Å². The zero-order valence-electron chi connectivity index (χ0n) is 9.14. The van der Waals surface area contributed by atoms with Gasteiger partial charge in [0, 0.05) is 35.4 Å². The van der Waals surface area contributed by atoms with Gasteiger partial charge in [-0.1, -0.05) is 0 Å². The van der Waals surface area contributed by atoms with E-state index in [1.54, 1.807) is 18.9 Å². The molecular formula is C9H19ClN2O2S. The van der Waals surface area contributed by atoms with E-state index >= 15 is 0 Å². The molecule has 0 aliphatic carbocycles. The van der Waals surface area contributed by atoms with E-state index < -0.39 is 16.8 Å². The number of hydrogen-bond donors (Lipinski definition) is 1. The summed E-state index contributed by atoms with van der Waals surface area (Å²) in [6, 6.07) is -0.210. The topological polar surface area (TPSA) is 63.4 Å². The summed E-state index contributed by atoms with van der Waals surface area (Å²) in [5, 5.41) is 0. The summed E-state index contributed by atoms with van der Waals surface area (Å²) in [5.41, 5.74) is 5.52. The summed E-state index contributed by atoms with van der Waals surface area (Å²) in [6.45, 7) is 1.69. The molecule has 1 atom stereocenters. The predicted molar refractivity (Wildman–Crippen MR) is 64.6 cm³/mol. The van der Waals surface area contributed by atoms with E-state index in [2.05, 4.69) is 0 Å². The van der Waals surface area contributed by atoms with Crippen molar-refractivity contribution in [3.8, 4) is 0 Å². The maximum absolute atomic E-state index is 11.5. The molecule has 1 fully saturated rings. The lowest BCUT2D eigenvalue weighted by Gasteiger charge is -2.31. The second-order valence-electron chi connectivity index (χ2n) is 3.82. The number of carbonyl (C=O) groups excluding carboxylic acids is 1. The molecule has 0 radical (unpaired) electrons. The van der Waals surface area contributed by atoms with Gasteiger partial charge in [-0.2, -0.15) is 0 Å². The van der Waals surface area contributed by atoms with Gasteiger partial charge in [0.05, 0.1) is 6.04 Å². The molecule has 0 aromatic carbocycles. The Kier molecular flexibility index (Phi) is 6.40. The molecular weight excluding hydrogens is 236 g/mol. The molecule has 0 spiro atoms. The first kappa shape index (κ1) is 14.9. The molecule has 1 heterocycles. The minimum atomic E-state index is -0.671. The van der Waals surface area contributed by atoms with Gasteiger partial charge in [0.15, 0.2) is 0 Å². The van der Waals surface area contributed by atoms with Crippen LogP contribution in [0.3, 0.4) is 0 Å². The number of rotatable bonds is 2. The quantitative estimate of drug-likeness (QED) is 0.762. The van der Waals surface area contributed by atoms with Gasteiger partial charge >= 0.3 is 0 Å². The van der Waals surface area contributed by atoms with Crippen molar-refractivity contribution in [1.82, 2.24) is 4.90 Å². The van der Waals surface area contributed by atoms with Crippen molar-refractivity contribution in [1.29, 1.82) is 0 Å². The highest BCUT2D eigenvalue weighted by Crippen LogP contribution is 2.15. The normalized spacial score (nSPS) is 27.7. The van der Waals surface area contributed by atoms with Crippen LogP contribution >= 0.6 is 12.4 Å². The van der Waals surface area contributed by atoms with E-state index in [1.165, 1.54) is 0 Å². The smallest absolute Gasteiger partial charge is 0.239 e. The molecule has 1 aliphatic rings. The fourth-order valence-electron chi connectivity index (χ4n) is 1.67. The van der Waals surface area contributed by atoms with Gasteiger partial charge < -0.3 is 10.6 Å². The van der Waals surface area contributed by atoms with Crippen molar-refractivity contribution in [2.75, 3.05) is 18.6 Å². The number of hydrogen-bond acceptors (Lipinski definition) is 3.